The second kappa shape index (κ2) is 3.94. The zero-order valence-corrected chi connectivity index (χ0v) is 13.1. The number of aryl methyl sites for hydroxylation is 2. The van der Waals surface area contributed by atoms with Crippen molar-refractivity contribution in [2.75, 3.05) is 0 Å². The highest BCUT2D eigenvalue weighted by Gasteiger charge is 2.25. The van der Waals surface area contributed by atoms with E-state index in [4.69, 9.17) is 0 Å². The van der Waals surface area contributed by atoms with Gasteiger partial charge in [0.05, 0.1) is 0 Å². The lowest BCUT2D eigenvalue weighted by molar-refractivity contribution is 0.921. The molecule has 0 amide bonds. The molecule has 0 aromatic heterocycles. The van der Waals surface area contributed by atoms with Crippen LogP contribution in [0.25, 0.3) is 16.3 Å². The average molecular weight is 364 g/mol. The van der Waals surface area contributed by atoms with E-state index in [9.17, 15) is 0 Å². The van der Waals surface area contributed by atoms with Gasteiger partial charge in [-0.3, -0.25) is 0 Å². The van der Waals surface area contributed by atoms with Crippen LogP contribution in [0.5, 0.6) is 0 Å². The maximum Gasteiger partial charge on any atom is 0.0254 e. The second-order valence-electron chi connectivity index (χ2n) is 5.11. The summed E-state index contributed by atoms with van der Waals surface area (Å²) in [5.74, 6) is 0. The Morgan fingerprint density at radius 3 is 2.44 bits per heavy atom. The van der Waals surface area contributed by atoms with E-state index in [-0.39, 0.29) is 0 Å². The van der Waals surface area contributed by atoms with Gasteiger partial charge in [0.25, 0.3) is 0 Å². The molecule has 90 valence electrons. The molecule has 0 heterocycles. The van der Waals surface area contributed by atoms with Crippen molar-refractivity contribution in [2.45, 2.75) is 25.7 Å². The van der Waals surface area contributed by atoms with Gasteiger partial charge in [-0.15, -0.1) is 0 Å². The number of hydrogen-bond acceptors (Lipinski definition) is 0. The summed E-state index contributed by atoms with van der Waals surface area (Å²) in [4.78, 5) is 0. The molecule has 0 spiro atoms. The number of benzene rings is 2. The van der Waals surface area contributed by atoms with Crippen LogP contribution in [0.15, 0.2) is 33.2 Å². The van der Waals surface area contributed by atoms with Crippen molar-refractivity contribution in [2.24, 2.45) is 0 Å². The van der Waals surface area contributed by atoms with Gasteiger partial charge in [-0.25, -0.2) is 0 Å². The van der Waals surface area contributed by atoms with Gasteiger partial charge in [0.1, 0.15) is 0 Å². The van der Waals surface area contributed by atoms with E-state index in [2.05, 4.69) is 56.1 Å². The lowest BCUT2D eigenvalue weighted by Crippen LogP contribution is -2.09. The van der Waals surface area contributed by atoms with Crippen molar-refractivity contribution in [1.29, 1.82) is 0 Å². The summed E-state index contributed by atoms with van der Waals surface area (Å²) in [6.07, 6.45) is 4.69. The summed E-state index contributed by atoms with van der Waals surface area (Å²) < 4.78 is 2.64. The molecular formula is C16H12Br2. The summed E-state index contributed by atoms with van der Waals surface area (Å²) in [7, 11) is 0. The molecule has 0 radical (unpaired) electrons. The smallest absolute Gasteiger partial charge is 0.0254 e. The Kier molecular flexibility index (Phi) is 2.46. The molecule has 0 fully saturated rings. The van der Waals surface area contributed by atoms with E-state index in [1.807, 2.05) is 0 Å². The highest BCUT2D eigenvalue weighted by molar-refractivity contribution is 9.11. The van der Waals surface area contributed by atoms with Gasteiger partial charge in [-0.2, -0.15) is 0 Å². The van der Waals surface area contributed by atoms with E-state index in [0.29, 0.717) is 0 Å². The highest BCUT2D eigenvalue weighted by Crippen LogP contribution is 2.46. The minimum Gasteiger partial charge on any atom is -0.0577 e. The predicted octanol–water partition coefficient (Wildman–Crippen LogP) is 5.60. The Morgan fingerprint density at radius 2 is 1.56 bits per heavy atom. The number of hydrogen-bond donors (Lipinski definition) is 0. The van der Waals surface area contributed by atoms with Crippen LogP contribution in [0, 0.1) is 0 Å². The molecule has 18 heavy (non-hydrogen) atoms. The molecule has 4 rings (SSSR count). The monoisotopic (exact) mass is 362 g/mol. The molecular weight excluding hydrogens is 352 g/mol. The maximum atomic E-state index is 3.79. The molecule has 0 atom stereocenters. The average Bonchev–Trinajstić information content (AvgIpc) is 2.40. The van der Waals surface area contributed by atoms with E-state index in [1.54, 1.807) is 5.57 Å². The molecule has 0 nitrogen and oxygen atoms in total. The van der Waals surface area contributed by atoms with Crippen molar-refractivity contribution in [1.82, 2.24) is 0 Å². The van der Waals surface area contributed by atoms with Crippen molar-refractivity contribution in [3.63, 3.8) is 0 Å². The predicted molar refractivity (Wildman–Crippen MR) is 84.1 cm³/mol. The summed E-state index contributed by atoms with van der Waals surface area (Å²) in [5, 5.41) is 2.85. The minimum absolute atomic E-state index is 1.16. The fourth-order valence-corrected chi connectivity index (χ4v) is 4.40. The molecule has 2 heteroatoms. The maximum absolute atomic E-state index is 3.79. The molecule has 2 aliphatic rings. The van der Waals surface area contributed by atoms with Gasteiger partial charge in [0, 0.05) is 4.47 Å². The number of rotatable bonds is 0. The molecule has 0 saturated heterocycles. The number of allylic oxidation sites excluding steroid dienone is 2. The third-order valence-corrected chi connectivity index (χ3v) is 5.75. The van der Waals surface area contributed by atoms with E-state index in [1.165, 1.54) is 55.7 Å². The van der Waals surface area contributed by atoms with Crippen LogP contribution in [0.1, 0.15) is 29.5 Å². The third kappa shape index (κ3) is 1.42. The zero-order chi connectivity index (χ0) is 12.3. The topological polar surface area (TPSA) is 0 Å². The van der Waals surface area contributed by atoms with Crippen molar-refractivity contribution < 1.29 is 0 Å². The quantitative estimate of drug-likeness (QED) is 0.571. The Hall–Kier alpha value is -0.600. The third-order valence-electron chi connectivity index (χ3n) is 4.19. The Labute approximate surface area is 123 Å². The van der Waals surface area contributed by atoms with E-state index < -0.39 is 0 Å². The van der Waals surface area contributed by atoms with Gasteiger partial charge in [0.15, 0.2) is 0 Å². The zero-order valence-electron chi connectivity index (χ0n) is 9.89. The lowest BCUT2D eigenvalue weighted by Gasteiger charge is -2.28. The van der Waals surface area contributed by atoms with Crippen LogP contribution in [0.2, 0.25) is 0 Å². The van der Waals surface area contributed by atoms with Crippen LogP contribution >= 0.6 is 31.9 Å². The molecule has 0 saturated carbocycles. The fraction of sp³-hybridized carbons (Fsp3) is 0.250. The Bertz CT molecular complexity index is 711. The van der Waals surface area contributed by atoms with E-state index in [0.717, 1.165) is 6.42 Å². The van der Waals surface area contributed by atoms with Crippen LogP contribution < -0.4 is 0 Å². The summed E-state index contributed by atoms with van der Waals surface area (Å²) >= 11 is 7.48. The van der Waals surface area contributed by atoms with Crippen LogP contribution in [0.4, 0.5) is 0 Å². The minimum atomic E-state index is 1.16. The van der Waals surface area contributed by atoms with Crippen molar-refractivity contribution in [3.05, 3.63) is 49.9 Å². The summed E-state index contributed by atoms with van der Waals surface area (Å²) in [5.41, 5.74) is 6.11. The summed E-state index contributed by atoms with van der Waals surface area (Å²) in [6.45, 7) is 0. The molecule has 2 aliphatic carbocycles. The fourth-order valence-electron chi connectivity index (χ4n) is 3.34. The Balaban J connectivity index is 2.24. The standard InChI is InChI=1S/C16H12Br2/c17-13-8-4-10-2-6-12-14(18)7-3-9-1-5-11(13)16(10)15(9)12/h1,4-5,8H,2-3,6-7H2. The molecule has 0 aliphatic heterocycles. The van der Waals surface area contributed by atoms with Gasteiger partial charge in [-0.1, -0.05) is 50.1 Å². The van der Waals surface area contributed by atoms with Crippen LogP contribution in [-0.4, -0.2) is 0 Å². The first kappa shape index (κ1) is 11.2. The van der Waals surface area contributed by atoms with Gasteiger partial charge < -0.3 is 0 Å². The first-order valence-corrected chi connectivity index (χ1v) is 7.95. The van der Waals surface area contributed by atoms with Gasteiger partial charge in [0.2, 0.25) is 0 Å². The largest absolute Gasteiger partial charge is 0.0577 e. The molecule has 0 N–H and O–H groups in total. The van der Waals surface area contributed by atoms with Crippen LogP contribution in [0.3, 0.4) is 0 Å². The molecule has 2 aromatic rings. The first-order valence-electron chi connectivity index (χ1n) is 6.36. The Morgan fingerprint density at radius 1 is 0.778 bits per heavy atom. The second-order valence-corrected chi connectivity index (χ2v) is 6.92. The SMILES string of the molecule is BrC1=C2CCc3ccc(Br)c4ccc(c2c34)CC1. The lowest BCUT2D eigenvalue weighted by atomic mass is 9.79. The van der Waals surface area contributed by atoms with Gasteiger partial charge >= 0.3 is 0 Å². The van der Waals surface area contributed by atoms with Crippen molar-refractivity contribution in [3.8, 4) is 0 Å². The molecule has 2 aromatic carbocycles. The van der Waals surface area contributed by atoms with Crippen molar-refractivity contribution >= 4 is 48.2 Å². The molecule has 0 bridgehead atoms. The van der Waals surface area contributed by atoms with E-state index >= 15 is 0 Å². The molecule has 0 unspecified atom stereocenters. The van der Waals surface area contributed by atoms with Gasteiger partial charge in [-0.05, 0) is 69.3 Å². The summed E-state index contributed by atoms with van der Waals surface area (Å²) in [6, 6.07) is 9.07. The van der Waals surface area contributed by atoms with Crippen LogP contribution in [-0.2, 0) is 12.8 Å². The highest BCUT2D eigenvalue weighted by atomic mass is 79.9. The first-order chi connectivity index (χ1) is 8.75. The number of halogens is 2. The normalized spacial score (nSPS) is 17.4.